The van der Waals surface area contributed by atoms with Crippen molar-refractivity contribution in [3.05, 3.63) is 81.5 Å². The zero-order valence-electron chi connectivity index (χ0n) is 20.9. The number of para-hydroxylation sites is 1. The molecule has 0 aliphatic carbocycles. The van der Waals surface area contributed by atoms with E-state index in [0.717, 1.165) is 25.3 Å². The van der Waals surface area contributed by atoms with Crippen LogP contribution in [0, 0.1) is 5.92 Å². The minimum atomic E-state index is -0.361. The third-order valence-electron chi connectivity index (χ3n) is 6.91. The standard InChI is InChI=1S/C27H26Cl2N8O/c1-16(2)22-15-35(12-10-30-22)18-8-6-17(7-9-18)33-26-32-14-19-24(34-26)36-13-11-31-27(36)37(25(19)38)23-20(28)4-3-5-21(23)29/h3-9,11,13-14,16,22,30H,10,12,15H2,1-2H3,(H,32,33,34)/t22-/m1/s1. The molecule has 0 bridgehead atoms. The first kappa shape index (κ1) is 24.7. The molecular weight excluding hydrogens is 523 g/mol. The van der Waals surface area contributed by atoms with E-state index >= 15 is 0 Å². The van der Waals surface area contributed by atoms with E-state index in [2.05, 4.69) is 56.5 Å². The second-order valence-corrected chi connectivity index (χ2v) is 10.5. The number of anilines is 3. The lowest BCUT2D eigenvalue weighted by molar-refractivity contribution is 0.368. The van der Waals surface area contributed by atoms with Crippen LogP contribution in [0.4, 0.5) is 17.3 Å². The Morgan fingerprint density at radius 2 is 1.84 bits per heavy atom. The fourth-order valence-electron chi connectivity index (χ4n) is 4.85. The Morgan fingerprint density at radius 1 is 1.08 bits per heavy atom. The van der Waals surface area contributed by atoms with E-state index in [-0.39, 0.29) is 5.56 Å². The summed E-state index contributed by atoms with van der Waals surface area (Å²) in [7, 11) is 0. The maximum atomic E-state index is 13.6. The zero-order chi connectivity index (χ0) is 26.4. The van der Waals surface area contributed by atoms with E-state index in [9.17, 15) is 4.79 Å². The van der Waals surface area contributed by atoms with Crippen molar-refractivity contribution < 1.29 is 0 Å². The summed E-state index contributed by atoms with van der Waals surface area (Å²) in [6.45, 7) is 7.42. The van der Waals surface area contributed by atoms with E-state index in [1.165, 1.54) is 16.5 Å². The van der Waals surface area contributed by atoms with Crippen molar-refractivity contribution in [2.24, 2.45) is 5.92 Å². The number of nitrogens with zero attached hydrogens (tertiary/aromatic N) is 6. The summed E-state index contributed by atoms with van der Waals surface area (Å²) in [5, 5.41) is 7.84. The van der Waals surface area contributed by atoms with Crippen LogP contribution in [-0.2, 0) is 0 Å². The monoisotopic (exact) mass is 548 g/mol. The quantitative estimate of drug-likeness (QED) is 0.322. The molecule has 2 aromatic carbocycles. The first-order valence-corrected chi connectivity index (χ1v) is 13.2. The van der Waals surface area contributed by atoms with E-state index in [1.54, 1.807) is 35.0 Å². The minimum absolute atomic E-state index is 0.311. The van der Waals surface area contributed by atoms with Crippen LogP contribution < -0.4 is 21.1 Å². The molecule has 0 saturated carbocycles. The topological polar surface area (TPSA) is 92.4 Å². The van der Waals surface area contributed by atoms with Gasteiger partial charge in [-0.15, -0.1) is 0 Å². The average molecular weight is 549 g/mol. The molecule has 4 heterocycles. The van der Waals surface area contributed by atoms with E-state index in [1.807, 2.05) is 12.1 Å². The number of hydrogen-bond donors (Lipinski definition) is 2. The first-order chi connectivity index (χ1) is 18.4. The van der Waals surface area contributed by atoms with Gasteiger partial charge in [0.1, 0.15) is 5.39 Å². The molecule has 2 N–H and O–H groups in total. The Kier molecular flexibility index (Phi) is 6.43. The van der Waals surface area contributed by atoms with Crippen molar-refractivity contribution >= 4 is 57.3 Å². The van der Waals surface area contributed by atoms with Crippen LogP contribution in [0.3, 0.4) is 0 Å². The molecule has 6 rings (SSSR count). The molecule has 1 fully saturated rings. The third kappa shape index (κ3) is 4.36. The Labute approximate surface area is 229 Å². The van der Waals surface area contributed by atoms with E-state index in [4.69, 9.17) is 23.2 Å². The van der Waals surface area contributed by atoms with Crippen LogP contribution in [0.15, 0.2) is 65.8 Å². The van der Waals surface area contributed by atoms with Crippen molar-refractivity contribution in [3.63, 3.8) is 0 Å². The van der Waals surface area contributed by atoms with Crippen molar-refractivity contribution in [2.75, 3.05) is 29.9 Å². The van der Waals surface area contributed by atoms with Gasteiger partial charge in [-0.2, -0.15) is 4.98 Å². The van der Waals surface area contributed by atoms with E-state index in [0.29, 0.717) is 50.5 Å². The molecule has 5 aromatic rings. The number of fused-ring (bicyclic) bond motifs is 3. The summed E-state index contributed by atoms with van der Waals surface area (Å²) >= 11 is 12.8. The zero-order valence-corrected chi connectivity index (χ0v) is 22.4. The largest absolute Gasteiger partial charge is 0.369 e. The molecular formula is C27H26Cl2N8O. The summed E-state index contributed by atoms with van der Waals surface area (Å²) in [6.07, 6.45) is 4.85. The predicted octanol–water partition coefficient (Wildman–Crippen LogP) is 4.91. The normalized spacial score (nSPS) is 16.0. The number of hydrogen-bond acceptors (Lipinski definition) is 7. The van der Waals surface area contributed by atoms with Gasteiger partial charge in [0.25, 0.3) is 5.56 Å². The van der Waals surface area contributed by atoms with Gasteiger partial charge in [-0.3, -0.25) is 9.20 Å². The van der Waals surface area contributed by atoms with Crippen molar-refractivity contribution in [3.8, 4) is 5.69 Å². The minimum Gasteiger partial charge on any atom is -0.369 e. The van der Waals surface area contributed by atoms with Crippen LogP contribution in [0.25, 0.3) is 22.5 Å². The highest BCUT2D eigenvalue weighted by atomic mass is 35.5. The summed E-state index contributed by atoms with van der Waals surface area (Å²) in [5.74, 6) is 1.30. The molecule has 9 nitrogen and oxygen atoms in total. The van der Waals surface area contributed by atoms with Crippen LogP contribution in [0.2, 0.25) is 10.0 Å². The Balaban J connectivity index is 1.33. The van der Waals surface area contributed by atoms with Gasteiger partial charge < -0.3 is 15.5 Å². The van der Waals surface area contributed by atoms with Gasteiger partial charge >= 0.3 is 0 Å². The second-order valence-electron chi connectivity index (χ2n) is 9.66. The number of aromatic nitrogens is 5. The molecule has 1 saturated heterocycles. The lowest BCUT2D eigenvalue weighted by Gasteiger charge is -2.37. The van der Waals surface area contributed by atoms with Gasteiger partial charge in [0.2, 0.25) is 11.7 Å². The van der Waals surface area contributed by atoms with Gasteiger partial charge in [0.05, 0.1) is 15.7 Å². The van der Waals surface area contributed by atoms with Gasteiger partial charge in [0.15, 0.2) is 5.65 Å². The fourth-order valence-corrected chi connectivity index (χ4v) is 5.42. The van der Waals surface area contributed by atoms with Crippen molar-refractivity contribution in [1.82, 2.24) is 29.2 Å². The number of imidazole rings is 1. The fraction of sp³-hybridized carbons (Fsp3) is 0.259. The molecule has 1 aliphatic rings. The predicted molar refractivity (Wildman–Crippen MR) is 152 cm³/mol. The number of benzene rings is 2. The molecule has 0 amide bonds. The highest BCUT2D eigenvalue weighted by Crippen LogP contribution is 2.29. The van der Waals surface area contributed by atoms with Gasteiger partial charge in [-0.1, -0.05) is 43.1 Å². The van der Waals surface area contributed by atoms with Crippen LogP contribution >= 0.6 is 23.2 Å². The second kappa shape index (κ2) is 9.90. The molecule has 194 valence electrons. The Bertz CT molecular complexity index is 1680. The lowest BCUT2D eigenvalue weighted by atomic mass is 10.0. The summed E-state index contributed by atoms with van der Waals surface area (Å²) in [4.78, 5) is 29.4. The Morgan fingerprint density at radius 3 is 2.58 bits per heavy atom. The molecule has 11 heteroatoms. The Hall–Kier alpha value is -3.66. The number of nitrogens with one attached hydrogen (secondary N) is 2. The van der Waals surface area contributed by atoms with Crippen molar-refractivity contribution in [1.29, 1.82) is 0 Å². The molecule has 38 heavy (non-hydrogen) atoms. The highest BCUT2D eigenvalue weighted by Gasteiger charge is 2.22. The van der Waals surface area contributed by atoms with Gasteiger partial charge in [0, 0.05) is 55.6 Å². The average Bonchev–Trinajstić information content (AvgIpc) is 3.41. The number of rotatable bonds is 5. The number of halogens is 2. The molecule has 0 radical (unpaired) electrons. The summed E-state index contributed by atoms with van der Waals surface area (Å²) in [6, 6.07) is 13.8. The molecule has 0 unspecified atom stereocenters. The van der Waals surface area contributed by atoms with Crippen LogP contribution in [0.1, 0.15) is 13.8 Å². The van der Waals surface area contributed by atoms with Crippen LogP contribution in [-0.4, -0.2) is 49.6 Å². The maximum Gasteiger partial charge on any atom is 0.270 e. The summed E-state index contributed by atoms with van der Waals surface area (Å²) in [5.41, 5.74) is 2.46. The third-order valence-corrected chi connectivity index (χ3v) is 7.52. The highest BCUT2D eigenvalue weighted by molar-refractivity contribution is 6.37. The van der Waals surface area contributed by atoms with Gasteiger partial charge in [-0.25, -0.2) is 14.5 Å². The lowest BCUT2D eigenvalue weighted by Crippen LogP contribution is -2.52. The van der Waals surface area contributed by atoms with E-state index < -0.39 is 0 Å². The molecule has 0 spiro atoms. The molecule has 1 atom stereocenters. The maximum absolute atomic E-state index is 13.6. The summed E-state index contributed by atoms with van der Waals surface area (Å²) < 4.78 is 3.12. The molecule has 3 aromatic heterocycles. The number of piperazine rings is 1. The molecule has 1 aliphatic heterocycles. The SMILES string of the molecule is CC(C)[C@H]1CN(c2ccc(Nc3ncc4c(=O)n(-c5c(Cl)cccc5Cl)c5nccn5c4n3)cc2)CCN1. The van der Waals surface area contributed by atoms with Crippen LogP contribution in [0.5, 0.6) is 0 Å². The van der Waals surface area contributed by atoms with Gasteiger partial charge in [-0.05, 0) is 42.3 Å². The smallest absolute Gasteiger partial charge is 0.270 e. The van der Waals surface area contributed by atoms with Crippen molar-refractivity contribution in [2.45, 2.75) is 19.9 Å². The first-order valence-electron chi connectivity index (χ1n) is 12.5.